The average molecular weight is 400 g/mol. The summed E-state index contributed by atoms with van der Waals surface area (Å²) in [4.78, 5) is 49.7. The van der Waals surface area contributed by atoms with Crippen LogP contribution in [0.2, 0.25) is 0 Å². The number of carbonyl (C=O) groups is 4. The van der Waals surface area contributed by atoms with Crippen LogP contribution in [-0.4, -0.2) is 70.1 Å². The fraction of sp³-hybridized carbons (Fsp3) is 0.778. The van der Waals surface area contributed by atoms with Gasteiger partial charge in [-0.05, 0) is 47.0 Å². The smallest absolute Gasteiger partial charge is 0.329 e. The molecule has 0 spiro atoms. The number of nitrogens with one attached hydrogen (secondary N) is 1. The van der Waals surface area contributed by atoms with Gasteiger partial charge in [-0.15, -0.1) is 0 Å². The minimum atomic E-state index is -1.27. The fourth-order valence-corrected chi connectivity index (χ4v) is 2.90. The first kappa shape index (κ1) is 23.8. The van der Waals surface area contributed by atoms with E-state index in [2.05, 4.69) is 5.32 Å². The zero-order valence-corrected chi connectivity index (χ0v) is 16.9. The summed E-state index contributed by atoms with van der Waals surface area (Å²) in [5.74, 6) is -2.39. The summed E-state index contributed by atoms with van der Waals surface area (Å²) in [6.45, 7) is 6.88. The van der Waals surface area contributed by atoms with E-state index in [1.807, 2.05) is 0 Å². The summed E-state index contributed by atoms with van der Waals surface area (Å²) in [6, 6.07) is -3.09. The van der Waals surface area contributed by atoms with Gasteiger partial charge in [-0.1, -0.05) is 0 Å². The Kier molecular flexibility index (Phi) is 8.37. The molecule has 1 fully saturated rings. The largest absolute Gasteiger partial charge is 0.458 e. The van der Waals surface area contributed by atoms with Gasteiger partial charge in [0, 0.05) is 13.0 Å². The van der Waals surface area contributed by atoms with E-state index >= 15 is 0 Å². The van der Waals surface area contributed by atoms with E-state index in [1.165, 1.54) is 11.8 Å². The number of likely N-dealkylation sites (tertiary alicyclic amines) is 1. The van der Waals surface area contributed by atoms with Crippen LogP contribution in [0.1, 0.15) is 53.4 Å². The molecule has 0 aromatic carbocycles. The number of aliphatic hydroxyl groups is 1. The first-order valence-electron chi connectivity index (χ1n) is 9.39. The van der Waals surface area contributed by atoms with Crippen molar-refractivity contribution in [3.05, 3.63) is 0 Å². The SMILES string of the molecule is C[C@@H](O)[C@H](NC(=O)[C@@H](N)CCC(N)=O)C(=O)N1CCC[C@H]1C(=O)OC(C)(C)C. The Balaban J connectivity index is 2.84. The number of esters is 1. The van der Waals surface area contributed by atoms with Crippen LogP contribution < -0.4 is 16.8 Å². The summed E-state index contributed by atoms with van der Waals surface area (Å²) < 4.78 is 5.37. The standard InChI is InChI=1S/C18H32N4O6/c1-10(23)14(21-15(25)11(19)7-8-13(20)24)16(26)22-9-5-6-12(22)17(27)28-18(2,3)4/h10-12,14,23H,5-9,19H2,1-4H3,(H2,20,24)(H,21,25)/t10-,11+,12+,14+/m1/s1. The highest BCUT2D eigenvalue weighted by molar-refractivity contribution is 5.93. The molecular formula is C18H32N4O6. The number of carbonyl (C=O) groups excluding carboxylic acids is 4. The number of hydrogen-bond donors (Lipinski definition) is 4. The molecule has 4 atom stereocenters. The molecule has 6 N–H and O–H groups in total. The van der Waals surface area contributed by atoms with Crippen LogP contribution >= 0.6 is 0 Å². The van der Waals surface area contributed by atoms with Crippen LogP contribution in [0.25, 0.3) is 0 Å². The Labute approximate surface area is 164 Å². The molecule has 0 aromatic rings. The lowest BCUT2D eigenvalue weighted by molar-refractivity contribution is -0.164. The van der Waals surface area contributed by atoms with Crippen molar-refractivity contribution in [3.63, 3.8) is 0 Å². The molecule has 1 aliphatic rings. The van der Waals surface area contributed by atoms with E-state index in [-0.39, 0.29) is 12.8 Å². The molecule has 0 aliphatic carbocycles. The van der Waals surface area contributed by atoms with Crippen LogP contribution in [0.4, 0.5) is 0 Å². The second-order valence-electron chi connectivity index (χ2n) is 8.06. The molecule has 1 aliphatic heterocycles. The number of amides is 3. The first-order valence-corrected chi connectivity index (χ1v) is 9.39. The molecule has 0 radical (unpaired) electrons. The third-order valence-corrected chi connectivity index (χ3v) is 4.30. The van der Waals surface area contributed by atoms with E-state index < -0.39 is 53.5 Å². The number of hydrogen-bond acceptors (Lipinski definition) is 7. The summed E-state index contributed by atoms with van der Waals surface area (Å²) >= 11 is 0. The number of nitrogens with two attached hydrogens (primary N) is 2. The first-order chi connectivity index (χ1) is 12.8. The Morgan fingerprint density at radius 2 is 1.89 bits per heavy atom. The van der Waals surface area contributed by atoms with Gasteiger partial charge < -0.3 is 31.5 Å². The molecule has 1 heterocycles. The Morgan fingerprint density at radius 1 is 1.29 bits per heavy atom. The van der Waals surface area contributed by atoms with Crippen molar-refractivity contribution in [2.45, 2.75) is 83.2 Å². The predicted octanol–water partition coefficient (Wildman–Crippen LogP) is -1.22. The minimum absolute atomic E-state index is 0.0200. The van der Waals surface area contributed by atoms with E-state index in [0.29, 0.717) is 19.4 Å². The summed E-state index contributed by atoms with van der Waals surface area (Å²) in [5, 5.41) is 12.4. The zero-order valence-electron chi connectivity index (χ0n) is 16.9. The molecule has 0 aromatic heterocycles. The van der Waals surface area contributed by atoms with Crippen molar-refractivity contribution in [1.29, 1.82) is 0 Å². The van der Waals surface area contributed by atoms with Crippen LogP contribution in [-0.2, 0) is 23.9 Å². The third-order valence-electron chi connectivity index (χ3n) is 4.30. The molecule has 0 unspecified atom stereocenters. The van der Waals surface area contributed by atoms with E-state index in [1.54, 1.807) is 20.8 Å². The highest BCUT2D eigenvalue weighted by atomic mass is 16.6. The Morgan fingerprint density at radius 3 is 2.39 bits per heavy atom. The normalized spacial score (nSPS) is 20.2. The second kappa shape index (κ2) is 9.83. The van der Waals surface area contributed by atoms with E-state index in [4.69, 9.17) is 16.2 Å². The highest BCUT2D eigenvalue weighted by Crippen LogP contribution is 2.22. The summed E-state index contributed by atoms with van der Waals surface area (Å²) in [5.41, 5.74) is 10.1. The Hall–Kier alpha value is -2.20. The molecule has 0 bridgehead atoms. The molecular weight excluding hydrogens is 368 g/mol. The van der Waals surface area contributed by atoms with Gasteiger partial charge in [0.25, 0.3) is 0 Å². The monoisotopic (exact) mass is 400 g/mol. The molecule has 28 heavy (non-hydrogen) atoms. The van der Waals surface area contributed by atoms with Crippen LogP contribution in [0.3, 0.4) is 0 Å². The van der Waals surface area contributed by atoms with Crippen LogP contribution in [0, 0.1) is 0 Å². The molecule has 10 nitrogen and oxygen atoms in total. The maximum absolute atomic E-state index is 12.9. The lowest BCUT2D eigenvalue weighted by Gasteiger charge is -2.31. The number of aliphatic hydroxyl groups excluding tert-OH is 1. The van der Waals surface area contributed by atoms with Crippen molar-refractivity contribution in [2.24, 2.45) is 11.5 Å². The van der Waals surface area contributed by atoms with Gasteiger partial charge >= 0.3 is 5.97 Å². The molecule has 10 heteroatoms. The van der Waals surface area contributed by atoms with Gasteiger partial charge in [-0.25, -0.2) is 4.79 Å². The van der Waals surface area contributed by atoms with Gasteiger partial charge in [0.1, 0.15) is 17.7 Å². The lowest BCUT2D eigenvalue weighted by Crippen LogP contribution is -2.58. The van der Waals surface area contributed by atoms with Crippen LogP contribution in [0.15, 0.2) is 0 Å². The van der Waals surface area contributed by atoms with E-state index in [9.17, 15) is 24.3 Å². The maximum Gasteiger partial charge on any atom is 0.329 e. The maximum atomic E-state index is 12.9. The van der Waals surface area contributed by atoms with Crippen LogP contribution in [0.5, 0.6) is 0 Å². The fourth-order valence-electron chi connectivity index (χ4n) is 2.90. The lowest BCUT2D eigenvalue weighted by atomic mass is 10.1. The average Bonchev–Trinajstić information content (AvgIpc) is 3.04. The quantitative estimate of drug-likeness (QED) is 0.371. The number of rotatable bonds is 8. The van der Waals surface area contributed by atoms with Crippen molar-refractivity contribution in [2.75, 3.05) is 6.54 Å². The summed E-state index contributed by atoms with van der Waals surface area (Å²) in [7, 11) is 0. The zero-order chi connectivity index (χ0) is 21.6. The van der Waals surface area contributed by atoms with Gasteiger partial charge in [-0.3, -0.25) is 14.4 Å². The van der Waals surface area contributed by atoms with Crippen molar-refractivity contribution < 1.29 is 29.0 Å². The predicted molar refractivity (Wildman–Crippen MR) is 101 cm³/mol. The topological polar surface area (TPSA) is 165 Å². The Bertz CT molecular complexity index is 601. The van der Waals surface area contributed by atoms with Gasteiger partial charge in [0.05, 0.1) is 12.1 Å². The molecule has 0 saturated carbocycles. The van der Waals surface area contributed by atoms with Crippen molar-refractivity contribution >= 4 is 23.7 Å². The number of nitrogens with zero attached hydrogens (tertiary/aromatic N) is 1. The van der Waals surface area contributed by atoms with Gasteiger partial charge in [-0.2, -0.15) is 0 Å². The molecule has 1 saturated heterocycles. The highest BCUT2D eigenvalue weighted by Gasteiger charge is 2.41. The minimum Gasteiger partial charge on any atom is -0.458 e. The number of primary amides is 1. The summed E-state index contributed by atoms with van der Waals surface area (Å²) in [6.07, 6.45) is -0.214. The second-order valence-corrected chi connectivity index (χ2v) is 8.06. The van der Waals surface area contributed by atoms with Crippen molar-refractivity contribution in [3.8, 4) is 0 Å². The van der Waals surface area contributed by atoms with E-state index in [0.717, 1.165) is 0 Å². The number of ether oxygens (including phenoxy) is 1. The third kappa shape index (κ3) is 7.08. The van der Waals surface area contributed by atoms with Crippen molar-refractivity contribution in [1.82, 2.24) is 10.2 Å². The van der Waals surface area contributed by atoms with Gasteiger partial charge in [0.2, 0.25) is 17.7 Å². The van der Waals surface area contributed by atoms with Gasteiger partial charge in [0.15, 0.2) is 0 Å². The molecule has 1 rings (SSSR count). The molecule has 160 valence electrons. The molecule has 3 amide bonds.